The zero-order valence-electron chi connectivity index (χ0n) is 14.3. The monoisotopic (exact) mass is 351 g/mol. The van der Waals surface area contributed by atoms with Gasteiger partial charge in [-0.15, -0.1) is 0 Å². The molecule has 2 nitrogen and oxygen atoms in total. The Hall–Kier alpha value is -2.45. The fourth-order valence-electron chi connectivity index (χ4n) is 2.66. The summed E-state index contributed by atoms with van der Waals surface area (Å²) in [6.45, 7) is 3.48. The number of rotatable bonds is 7. The average Bonchev–Trinajstić information content (AvgIpc) is 2.64. The first-order valence-corrected chi connectivity index (χ1v) is 8.84. The van der Waals surface area contributed by atoms with Crippen molar-refractivity contribution in [1.82, 2.24) is 0 Å². The van der Waals surface area contributed by atoms with E-state index in [4.69, 9.17) is 16.3 Å². The fraction of sp³-hybridized carbons (Fsp3) is 0.182. The van der Waals surface area contributed by atoms with Gasteiger partial charge in [-0.05, 0) is 47.9 Å². The predicted octanol–water partition coefficient (Wildman–Crippen LogP) is 5.88. The minimum atomic E-state index is 0.675. The summed E-state index contributed by atoms with van der Waals surface area (Å²) >= 11 is 6.07. The van der Waals surface area contributed by atoms with Crippen LogP contribution in [0.2, 0.25) is 5.02 Å². The van der Waals surface area contributed by atoms with Gasteiger partial charge in [-0.3, -0.25) is 0 Å². The largest absolute Gasteiger partial charge is 0.493 e. The molecule has 0 fully saturated rings. The summed E-state index contributed by atoms with van der Waals surface area (Å²) < 4.78 is 5.90. The van der Waals surface area contributed by atoms with Crippen LogP contribution in [0.3, 0.4) is 0 Å². The lowest BCUT2D eigenvalue weighted by Crippen LogP contribution is -2.03. The third kappa shape index (κ3) is 5.27. The van der Waals surface area contributed by atoms with Crippen molar-refractivity contribution in [3.8, 4) is 5.75 Å². The molecule has 3 rings (SSSR count). The molecule has 0 radical (unpaired) electrons. The first-order valence-electron chi connectivity index (χ1n) is 8.46. The topological polar surface area (TPSA) is 21.3 Å². The van der Waals surface area contributed by atoms with Gasteiger partial charge in [-0.1, -0.05) is 60.1 Å². The van der Waals surface area contributed by atoms with Crippen molar-refractivity contribution in [1.29, 1.82) is 0 Å². The van der Waals surface area contributed by atoms with E-state index < -0.39 is 0 Å². The van der Waals surface area contributed by atoms with Gasteiger partial charge in [0.25, 0.3) is 0 Å². The van der Waals surface area contributed by atoms with Crippen LogP contribution in [0.15, 0.2) is 72.8 Å². The summed E-state index contributed by atoms with van der Waals surface area (Å²) in [5, 5.41) is 4.18. The minimum absolute atomic E-state index is 0.675. The van der Waals surface area contributed by atoms with Gasteiger partial charge in [0.2, 0.25) is 0 Å². The molecular formula is C22H22ClNO. The van der Waals surface area contributed by atoms with E-state index in [1.54, 1.807) is 0 Å². The molecule has 0 aromatic heterocycles. The molecule has 3 aromatic rings. The number of hydrogen-bond acceptors (Lipinski definition) is 2. The molecule has 25 heavy (non-hydrogen) atoms. The molecule has 3 aromatic carbocycles. The molecule has 0 atom stereocenters. The molecule has 128 valence electrons. The van der Waals surface area contributed by atoms with Crippen molar-refractivity contribution in [2.75, 3.05) is 11.9 Å². The second-order valence-electron chi connectivity index (χ2n) is 6.04. The first kappa shape index (κ1) is 17.4. The van der Waals surface area contributed by atoms with E-state index in [2.05, 4.69) is 48.6 Å². The Labute approximate surface area is 154 Å². The molecule has 0 bridgehead atoms. The molecule has 0 saturated carbocycles. The van der Waals surface area contributed by atoms with E-state index in [1.807, 2.05) is 36.4 Å². The molecule has 0 aliphatic heterocycles. The van der Waals surface area contributed by atoms with Crippen molar-refractivity contribution >= 4 is 17.3 Å². The van der Waals surface area contributed by atoms with Gasteiger partial charge in [-0.25, -0.2) is 0 Å². The summed E-state index contributed by atoms with van der Waals surface area (Å²) in [5.74, 6) is 0.901. The van der Waals surface area contributed by atoms with E-state index in [0.29, 0.717) is 6.61 Å². The van der Waals surface area contributed by atoms with E-state index in [-0.39, 0.29) is 0 Å². The fourth-order valence-corrected chi connectivity index (χ4v) is 2.83. The second kappa shape index (κ2) is 8.59. The third-order valence-corrected chi connectivity index (χ3v) is 4.32. The van der Waals surface area contributed by atoms with Crippen LogP contribution in [0.5, 0.6) is 5.75 Å². The molecule has 0 amide bonds. The van der Waals surface area contributed by atoms with E-state index in [9.17, 15) is 0 Å². The van der Waals surface area contributed by atoms with Gasteiger partial charge in [-0.2, -0.15) is 0 Å². The second-order valence-corrected chi connectivity index (χ2v) is 6.48. The smallest absolute Gasteiger partial charge is 0.119 e. The Balaban J connectivity index is 1.55. The average molecular weight is 352 g/mol. The lowest BCUT2D eigenvalue weighted by Gasteiger charge is -2.12. The van der Waals surface area contributed by atoms with Gasteiger partial charge in [0.15, 0.2) is 0 Å². The Kier molecular flexibility index (Phi) is 5.97. The summed E-state index contributed by atoms with van der Waals surface area (Å²) in [6.07, 6.45) is 0.908. The van der Waals surface area contributed by atoms with E-state index in [1.165, 1.54) is 16.7 Å². The lowest BCUT2D eigenvalue weighted by molar-refractivity contribution is 0.321. The third-order valence-electron chi connectivity index (χ3n) is 4.08. The van der Waals surface area contributed by atoms with Crippen LogP contribution in [0.25, 0.3) is 0 Å². The SMILES string of the molecule is Cc1ccc(Cl)cc1NCc1cccc(OCCc2ccccc2)c1. The summed E-state index contributed by atoms with van der Waals surface area (Å²) in [6, 6.07) is 24.5. The number of ether oxygens (including phenoxy) is 1. The van der Waals surface area contributed by atoms with Crippen LogP contribution in [-0.2, 0) is 13.0 Å². The maximum absolute atomic E-state index is 6.07. The van der Waals surface area contributed by atoms with Crippen LogP contribution in [0, 0.1) is 6.92 Å². The number of nitrogens with one attached hydrogen (secondary N) is 1. The number of halogens is 1. The molecular weight excluding hydrogens is 330 g/mol. The highest BCUT2D eigenvalue weighted by Gasteiger charge is 2.01. The zero-order chi connectivity index (χ0) is 17.5. The lowest BCUT2D eigenvalue weighted by atomic mass is 10.1. The van der Waals surface area contributed by atoms with Crippen molar-refractivity contribution < 1.29 is 4.74 Å². The predicted molar refractivity (Wildman–Crippen MR) is 106 cm³/mol. The highest BCUT2D eigenvalue weighted by Crippen LogP contribution is 2.21. The molecule has 0 aliphatic rings. The molecule has 0 spiro atoms. The van der Waals surface area contributed by atoms with Crippen LogP contribution in [0.1, 0.15) is 16.7 Å². The van der Waals surface area contributed by atoms with Crippen molar-refractivity contribution in [3.63, 3.8) is 0 Å². The highest BCUT2D eigenvalue weighted by atomic mass is 35.5. The van der Waals surface area contributed by atoms with Crippen molar-refractivity contribution in [2.24, 2.45) is 0 Å². The van der Waals surface area contributed by atoms with Crippen molar-refractivity contribution in [3.05, 3.63) is 94.5 Å². The first-order chi connectivity index (χ1) is 12.2. The molecule has 0 aliphatic carbocycles. The number of benzene rings is 3. The van der Waals surface area contributed by atoms with Gasteiger partial charge in [0.1, 0.15) is 5.75 Å². The maximum Gasteiger partial charge on any atom is 0.119 e. The maximum atomic E-state index is 6.07. The Morgan fingerprint density at radius 3 is 2.52 bits per heavy atom. The summed E-state index contributed by atoms with van der Waals surface area (Å²) in [5.41, 5.74) is 4.70. The van der Waals surface area contributed by atoms with Gasteiger partial charge < -0.3 is 10.1 Å². The Morgan fingerprint density at radius 2 is 1.68 bits per heavy atom. The van der Waals surface area contributed by atoms with Gasteiger partial charge >= 0.3 is 0 Å². The molecule has 0 saturated heterocycles. The molecule has 0 heterocycles. The Bertz CT molecular complexity index is 817. The number of aryl methyl sites for hydroxylation is 1. The Morgan fingerprint density at radius 1 is 0.880 bits per heavy atom. The van der Waals surface area contributed by atoms with Crippen LogP contribution < -0.4 is 10.1 Å². The molecule has 0 unspecified atom stereocenters. The minimum Gasteiger partial charge on any atom is -0.493 e. The number of anilines is 1. The number of hydrogen-bond donors (Lipinski definition) is 1. The molecule has 1 N–H and O–H groups in total. The van der Waals surface area contributed by atoms with Crippen molar-refractivity contribution in [2.45, 2.75) is 19.9 Å². The quantitative estimate of drug-likeness (QED) is 0.573. The normalized spacial score (nSPS) is 10.5. The van der Waals surface area contributed by atoms with Gasteiger partial charge in [0.05, 0.1) is 6.61 Å². The van der Waals surface area contributed by atoms with Crippen LogP contribution >= 0.6 is 11.6 Å². The van der Waals surface area contributed by atoms with E-state index in [0.717, 1.165) is 29.4 Å². The summed E-state index contributed by atoms with van der Waals surface area (Å²) in [7, 11) is 0. The zero-order valence-corrected chi connectivity index (χ0v) is 15.1. The van der Waals surface area contributed by atoms with Crippen LogP contribution in [0.4, 0.5) is 5.69 Å². The summed E-state index contributed by atoms with van der Waals surface area (Å²) in [4.78, 5) is 0. The highest BCUT2D eigenvalue weighted by molar-refractivity contribution is 6.30. The van der Waals surface area contributed by atoms with Crippen LogP contribution in [-0.4, -0.2) is 6.61 Å². The van der Waals surface area contributed by atoms with E-state index >= 15 is 0 Å². The van der Waals surface area contributed by atoms with Gasteiger partial charge in [0, 0.05) is 23.7 Å². The molecule has 3 heteroatoms. The standard InChI is InChI=1S/C22H22ClNO/c1-17-10-11-20(23)15-22(17)24-16-19-8-5-9-21(14-19)25-13-12-18-6-3-2-4-7-18/h2-11,14-15,24H,12-13,16H2,1H3.